The molecule has 2 atom stereocenters. The molecule has 3 heterocycles. The summed E-state index contributed by atoms with van der Waals surface area (Å²) in [6.45, 7) is 4.15. The predicted octanol–water partition coefficient (Wildman–Crippen LogP) is 3.85. The molecule has 1 N–H and O–H groups in total. The number of benzene rings is 1. The van der Waals surface area contributed by atoms with Crippen LogP contribution in [0.5, 0.6) is 5.75 Å². The van der Waals surface area contributed by atoms with Gasteiger partial charge in [0.15, 0.2) is 5.82 Å². The van der Waals surface area contributed by atoms with Crippen molar-refractivity contribution in [1.29, 1.82) is 0 Å². The molecule has 3 aromatic rings. The van der Waals surface area contributed by atoms with Crippen molar-refractivity contribution in [2.45, 2.75) is 64.0 Å². The zero-order chi connectivity index (χ0) is 22.1. The lowest BCUT2D eigenvalue weighted by molar-refractivity contribution is 0.138. The fraction of sp³-hybridized carbons (Fsp3) is 0.583. The van der Waals surface area contributed by atoms with Gasteiger partial charge in [0.1, 0.15) is 11.8 Å². The molecule has 0 amide bonds. The van der Waals surface area contributed by atoms with Crippen LogP contribution in [0.15, 0.2) is 29.1 Å². The average Bonchev–Trinajstić information content (AvgIpc) is 3.29. The number of H-pyrrole nitrogens is 1. The number of ether oxygens (including phenoxy) is 1. The van der Waals surface area contributed by atoms with Gasteiger partial charge in [0.25, 0.3) is 5.56 Å². The molecule has 8 nitrogen and oxygen atoms in total. The third-order valence-corrected chi connectivity index (χ3v) is 7.11. The highest BCUT2D eigenvalue weighted by Gasteiger charge is 2.34. The lowest BCUT2D eigenvalue weighted by Gasteiger charge is -2.37. The van der Waals surface area contributed by atoms with E-state index in [1.54, 1.807) is 7.11 Å². The Hall–Kier alpha value is -2.74. The Morgan fingerprint density at radius 2 is 1.97 bits per heavy atom. The van der Waals surface area contributed by atoms with Gasteiger partial charge in [-0.2, -0.15) is 0 Å². The van der Waals surface area contributed by atoms with Crippen LogP contribution in [-0.4, -0.2) is 50.3 Å². The van der Waals surface area contributed by atoms with Crippen LogP contribution in [0, 0.1) is 5.92 Å². The van der Waals surface area contributed by atoms with Gasteiger partial charge in [-0.25, -0.2) is 4.68 Å². The summed E-state index contributed by atoms with van der Waals surface area (Å²) in [6.07, 6.45) is 8.19. The minimum atomic E-state index is -0.259. The summed E-state index contributed by atoms with van der Waals surface area (Å²) in [5.41, 5.74) is 1.39. The van der Waals surface area contributed by atoms with E-state index < -0.39 is 0 Å². The van der Waals surface area contributed by atoms with Crippen LogP contribution < -0.4 is 10.3 Å². The van der Waals surface area contributed by atoms with E-state index in [4.69, 9.17) is 4.74 Å². The Morgan fingerprint density at radius 3 is 2.75 bits per heavy atom. The number of fused-ring (bicyclic) bond motifs is 1. The maximum absolute atomic E-state index is 13.4. The first-order valence-corrected chi connectivity index (χ1v) is 11.9. The second kappa shape index (κ2) is 9.02. The van der Waals surface area contributed by atoms with Crippen molar-refractivity contribution in [2.75, 3.05) is 20.2 Å². The fourth-order valence-electron chi connectivity index (χ4n) is 5.45. The number of rotatable bonds is 5. The van der Waals surface area contributed by atoms with Crippen LogP contribution in [0.1, 0.15) is 75.3 Å². The van der Waals surface area contributed by atoms with Gasteiger partial charge in [-0.3, -0.25) is 9.69 Å². The molecule has 2 aliphatic rings. The third-order valence-electron chi connectivity index (χ3n) is 7.11. The molecule has 1 aliphatic heterocycles. The summed E-state index contributed by atoms with van der Waals surface area (Å²) < 4.78 is 7.34. The molecule has 170 valence electrons. The Balaban J connectivity index is 1.62. The monoisotopic (exact) mass is 436 g/mol. The van der Waals surface area contributed by atoms with E-state index in [0.29, 0.717) is 17.5 Å². The van der Waals surface area contributed by atoms with Crippen molar-refractivity contribution >= 4 is 10.9 Å². The van der Waals surface area contributed by atoms with Crippen LogP contribution in [0.3, 0.4) is 0 Å². The number of methoxy groups -OCH3 is 1. The van der Waals surface area contributed by atoms with Crippen LogP contribution in [-0.2, 0) is 0 Å². The zero-order valence-corrected chi connectivity index (χ0v) is 19.0. The van der Waals surface area contributed by atoms with Crippen molar-refractivity contribution in [2.24, 2.45) is 5.92 Å². The smallest absolute Gasteiger partial charge is 0.253 e. The first-order valence-electron chi connectivity index (χ1n) is 11.9. The standard InChI is InChI=1S/C24H32N6O2/c1-16-7-6-12-29(15-16)22(23-26-27-28-30(23)18-8-4-3-5-9-18)20-13-17-10-11-19(32-2)14-21(17)25-24(20)31/h10-11,13-14,16,18,22H,3-9,12,15H2,1-2H3,(H,25,31)/t16-,22+/m0/s1. The molecule has 8 heteroatoms. The fourth-order valence-corrected chi connectivity index (χ4v) is 5.45. The maximum Gasteiger partial charge on any atom is 0.253 e. The molecular formula is C24H32N6O2. The number of aromatic nitrogens is 5. The lowest BCUT2D eigenvalue weighted by Crippen LogP contribution is -2.41. The SMILES string of the molecule is COc1ccc2cc([C@H](c3nnnn3C3CCCCC3)N3CCC[C@H](C)C3)c(=O)[nH]c2c1. The van der Waals surface area contributed by atoms with Crippen LogP contribution in [0.4, 0.5) is 0 Å². The van der Waals surface area contributed by atoms with E-state index in [1.807, 2.05) is 28.9 Å². The molecule has 0 bridgehead atoms. The Morgan fingerprint density at radius 1 is 1.12 bits per heavy atom. The van der Waals surface area contributed by atoms with Gasteiger partial charge in [0.2, 0.25) is 0 Å². The summed E-state index contributed by atoms with van der Waals surface area (Å²) in [6, 6.07) is 7.84. The number of hydrogen-bond acceptors (Lipinski definition) is 6. The van der Waals surface area contributed by atoms with Crippen LogP contribution in [0.2, 0.25) is 0 Å². The van der Waals surface area contributed by atoms with E-state index in [0.717, 1.165) is 54.8 Å². The quantitative estimate of drug-likeness (QED) is 0.654. The third kappa shape index (κ3) is 4.03. The number of tetrazole rings is 1. The van der Waals surface area contributed by atoms with Crippen molar-refractivity contribution in [3.05, 3.63) is 46.0 Å². The Kier molecular flexibility index (Phi) is 5.95. The van der Waals surface area contributed by atoms with Gasteiger partial charge in [-0.15, -0.1) is 5.10 Å². The molecular weight excluding hydrogens is 404 g/mol. The van der Waals surface area contributed by atoms with Gasteiger partial charge < -0.3 is 9.72 Å². The second-order valence-electron chi connectivity index (χ2n) is 9.43. The highest BCUT2D eigenvalue weighted by atomic mass is 16.5. The summed E-state index contributed by atoms with van der Waals surface area (Å²) in [5, 5.41) is 14.0. The van der Waals surface area contributed by atoms with Crippen molar-refractivity contribution in [3.8, 4) is 5.75 Å². The molecule has 2 aromatic heterocycles. The molecule has 32 heavy (non-hydrogen) atoms. The molecule has 1 aromatic carbocycles. The molecule has 1 saturated carbocycles. The zero-order valence-electron chi connectivity index (χ0n) is 19.0. The predicted molar refractivity (Wildman–Crippen MR) is 123 cm³/mol. The lowest BCUT2D eigenvalue weighted by atomic mass is 9.93. The molecule has 1 saturated heterocycles. The van der Waals surface area contributed by atoms with Crippen LogP contribution in [0.25, 0.3) is 10.9 Å². The van der Waals surface area contributed by atoms with E-state index in [1.165, 1.54) is 25.7 Å². The van der Waals surface area contributed by atoms with Crippen molar-refractivity contribution < 1.29 is 4.74 Å². The van der Waals surface area contributed by atoms with Gasteiger partial charge in [0, 0.05) is 18.2 Å². The topological polar surface area (TPSA) is 88.9 Å². The van der Waals surface area contributed by atoms with E-state index in [9.17, 15) is 4.79 Å². The summed E-state index contributed by atoms with van der Waals surface area (Å²) in [5.74, 6) is 2.10. The molecule has 0 radical (unpaired) electrons. The Bertz CT molecular complexity index is 1130. The van der Waals surface area contributed by atoms with E-state index in [2.05, 4.69) is 32.3 Å². The number of piperidine rings is 1. The average molecular weight is 437 g/mol. The van der Waals surface area contributed by atoms with Gasteiger partial charge in [-0.05, 0) is 72.2 Å². The first kappa shape index (κ1) is 21.1. The molecule has 5 rings (SSSR count). The van der Waals surface area contributed by atoms with E-state index in [-0.39, 0.29) is 11.6 Å². The molecule has 1 aliphatic carbocycles. The van der Waals surface area contributed by atoms with Gasteiger partial charge in [0.05, 0.1) is 18.7 Å². The van der Waals surface area contributed by atoms with Crippen LogP contribution >= 0.6 is 0 Å². The Labute approximate surface area is 188 Å². The van der Waals surface area contributed by atoms with Crippen molar-refractivity contribution in [1.82, 2.24) is 30.1 Å². The second-order valence-corrected chi connectivity index (χ2v) is 9.43. The number of hydrogen-bond donors (Lipinski definition) is 1. The highest BCUT2D eigenvalue weighted by Crippen LogP contribution is 2.35. The summed E-state index contributed by atoms with van der Waals surface area (Å²) >= 11 is 0. The highest BCUT2D eigenvalue weighted by molar-refractivity contribution is 5.80. The van der Waals surface area contributed by atoms with Gasteiger partial charge in [-0.1, -0.05) is 26.2 Å². The molecule has 0 spiro atoms. The van der Waals surface area contributed by atoms with Crippen molar-refractivity contribution in [3.63, 3.8) is 0 Å². The minimum Gasteiger partial charge on any atom is -0.497 e. The number of pyridine rings is 1. The largest absolute Gasteiger partial charge is 0.497 e. The molecule has 2 fully saturated rings. The summed E-state index contributed by atoms with van der Waals surface area (Å²) in [7, 11) is 1.63. The number of nitrogens with zero attached hydrogens (tertiary/aromatic N) is 5. The normalized spacial score (nSPS) is 21.6. The number of aromatic amines is 1. The minimum absolute atomic E-state index is 0.0906. The number of nitrogens with one attached hydrogen (secondary N) is 1. The molecule has 0 unspecified atom stereocenters. The summed E-state index contributed by atoms with van der Waals surface area (Å²) in [4.78, 5) is 18.9. The first-order chi connectivity index (χ1) is 15.6. The maximum atomic E-state index is 13.4. The van der Waals surface area contributed by atoms with Gasteiger partial charge >= 0.3 is 0 Å². The number of likely N-dealkylation sites (tertiary alicyclic amines) is 1. The van der Waals surface area contributed by atoms with E-state index >= 15 is 0 Å².